The van der Waals surface area contributed by atoms with E-state index < -0.39 is 0 Å². The first kappa shape index (κ1) is 11.2. The van der Waals surface area contributed by atoms with Crippen LogP contribution in [0, 0.1) is 5.92 Å². The summed E-state index contributed by atoms with van der Waals surface area (Å²) in [6.07, 6.45) is 10.0. The number of hydrogen-bond acceptors (Lipinski definition) is 1. The predicted molar refractivity (Wildman–Crippen MR) is 64.3 cm³/mol. The van der Waals surface area contributed by atoms with Crippen LogP contribution in [0.2, 0.25) is 0 Å². The van der Waals surface area contributed by atoms with Crippen LogP contribution in [0.5, 0.6) is 0 Å². The Bertz CT molecular complexity index is 326. The van der Waals surface area contributed by atoms with Crippen molar-refractivity contribution in [1.29, 1.82) is 0 Å². The van der Waals surface area contributed by atoms with Gasteiger partial charge in [0.25, 0.3) is 5.91 Å². The van der Waals surface area contributed by atoms with E-state index in [9.17, 15) is 4.79 Å². The van der Waals surface area contributed by atoms with Crippen molar-refractivity contribution in [2.45, 2.75) is 45.1 Å². The molecule has 3 nitrogen and oxygen atoms in total. The SMILES string of the molecule is C[C@H](NC(=O)c1cc[nH]c1)C1CCCCC1. The third-order valence-corrected chi connectivity index (χ3v) is 3.58. The van der Waals surface area contributed by atoms with Gasteiger partial charge in [0, 0.05) is 18.4 Å². The second kappa shape index (κ2) is 5.19. The van der Waals surface area contributed by atoms with Gasteiger partial charge in [0.1, 0.15) is 0 Å². The Kier molecular flexibility index (Phi) is 3.65. The molecule has 1 aromatic heterocycles. The maximum Gasteiger partial charge on any atom is 0.253 e. The molecule has 0 saturated heterocycles. The molecule has 1 aliphatic carbocycles. The van der Waals surface area contributed by atoms with E-state index in [1.54, 1.807) is 12.4 Å². The summed E-state index contributed by atoms with van der Waals surface area (Å²) in [5.41, 5.74) is 0.725. The number of rotatable bonds is 3. The van der Waals surface area contributed by atoms with Crippen molar-refractivity contribution in [3.05, 3.63) is 24.0 Å². The number of carbonyl (C=O) groups is 1. The minimum atomic E-state index is 0.0410. The van der Waals surface area contributed by atoms with E-state index in [4.69, 9.17) is 0 Å². The van der Waals surface area contributed by atoms with Crippen LogP contribution < -0.4 is 5.32 Å². The van der Waals surface area contributed by atoms with Gasteiger partial charge >= 0.3 is 0 Å². The summed E-state index contributed by atoms with van der Waals surface area (Å²) in [6, 6.07) is 2.10. The van der Waals surface area contributed by atoms with Gasteiger partial charge in [0.05, 0.1) is 5.56 Å². The molecule has 1 aromatic rings. The van der Waals surface area contributed by atoms with Crippen molar-refractivity contribution in [3.8, 4) is 0 Å². The van der Waals surface area contributed by atoms with Crippen molar-refractivity contribution in [2.24, 2.45) is 5.92 Å². The van der Waals surface area contributed by atoms with Gasteiger partial charge in [0.15, 0.2) is 0 Å². The summed E-state index contributed by atoms with van der Waals surface area (Å²) in [4.78, 5) is 14.7. The van der Waals surface area contributed by atoms with E-state index >= 15 is 0 Å². The van der Waals surface area contributed by atoms with E-state index in [2.05, 4.69) is 17.2 Å². The number of aromatic amines is 1. The number of H-pyrrole nitrogens is 1. The number of nitrogens with one attached hydrogen (secondary N) is 2. The summed E-state index contributed by atoms with van der Waals surface area (Å²) in [5, 5.41) is 3.09. The number of aromatic nitrogens is 1. The second-order valence-corrected chi connectivity index (χ2v) is 4.76. The minimum Gasteiger partial charge on any atom is -0.367 e. The van der Waals surface area contributed by atoms with Crippen molar-refractivity contribution < 1.29 is 4.79 Å². The average molecular weight is 220 g/mol. The first-order valence-electron chi connectivity index (χ1n) is 6.21. The molecule has 1 amide bonds. The number of hydrogen-bond donors (Lipinski definition) is 2. The Morgan fingerprint density at radius 1 is 1.44 bits per heavy atom. The summed E-state index contributed by atoms with van der Waals surface area (Å²) in [7, 11) is 0. The normalized spacial score (nSPS) is 19.3. The molecule has 3 heteroatoms. The monoisotopic (exact) mass is 220 g/mol. The molecule has 16 heavy (non-hydrogen) atoms. The van der Waals surface area contributed by atoms with Crippen molar-refractivity contribution in [3.63, 3.8) is 0 Å². The minimum absolute atomic E-state index is 0.0410. The lowest BCUT2D eigenvalue weighted by Crippen LogP contribution is -2.38. The first-order valence-corrected chi connectivity index (χ1v) is 6.21. The summed E-state index contributed by atoms with van der Waals surface area (Å²) < 4.78 is 0. The van der Waals surface area contributed by atoms with Gasteiger partial charge < -0.3 is 10.3 Å². The molecule has 0 aromatic carbocycles. The average Bonchev–Trinajstić information content (AvgIpc) is 2.83. The molecule has 0 bridgehead atoms. The lowest BCUT2D eigenvalue weighted by molar-refractivity contribution is 0.0919. The molecule has 2 N–H and O–H groups in total. The van der Waals surface area contributed by atoms with Crippen molar-refractivity contribution in [2.75, 3.05) is 0 Å². The molecule has 1 heterocycles. The summed E-state index contributed by atoms with van der Waals surface area (Å²) >= 11 is 0. The Morgan fingerprint density at radius 2 is 2.19 bits per heavy atom. The molecule has 88 valence electrons. The van der Waals surface area contributed by atoms with Crippen LogP contribution >= 0.6 is 0 Å². The van der Waals surface area contributed by atoms with Gasteiger partial charge in [-0.2, -0.15) is 0 Å². The van der Waals surface area contributed by atoms with E-state index in [0.29, 0.717) is 12.0 Å². The van der Waals surface area contributed by atoms with Gasteiger partial charge in [-0.3, -0.25) is 4.79 Å². The van der Waals surface area contributed by atoms with Crippen LogP contribution in [0.4, 0.5) is 0 Å². The van der Waals surface area contributed by atoms with Gasteiger partial charge in [-0.25, -0.2) is 0 Å². The summed E-state index contributed by atoms with van der Waals surface area (Å²) in [6.45, 7) is 2.13. The first-order chi connectivity index (χ1) is 7.77. The van der Waals surface area contributed by atoms with Gasteiger partial charge in [-0.05, 0) is 31.7 Å². The van der Waals surface area contributed by atoms with Crippen LogP contribution in [-0.4, -0.2) is 16.9 Å². The lowest BCUT2D eigenvalue weighted by atomic mass is 9.84. The highest BCUT2D eigenvalue weighted by Crippen LogP contribution is 2.26. The molecule has 0 radical (unpaired) electrons. The largest absolute Gasteiger partial charge is 0.367 e. The van der Waals surface area contributed by atoms with Gasteiger partial charge in [0.2, 0.25) is 0 Å². The van der Waals surface area contributed by atoms with Crippen LogP contribution in [-0.2, 0) is 0 Å². The maximum absolute atomic E-state index is 11.8. The Hall–Kier alpha value is -1.25. The maximum atomic E-state index is 11.8. The predicted octanol–water partition coefficient (Wildman–Crippen LogP) is 2.71. The van der Waals surface area contributed by atoms with E-state index in [-0.39, 0.29) is 5.91 Å². The smallest absolute Gasteiger partial charge is 0.253 e. The highest BCUT2D eigenvalue weighted by molar-refractivity contribution is 5.94. The fourth-order valence-electron chi connectivity index (χ4n) is 2.51. The molecule has 0 aliphatic heterocycles. The zero-order valence-electron chi connectivity index (χ0n) is 9.83. The van der Waals surface area contributed by atoms with Crippen LogP contribution in [0.3, 0.4) is 0 Å². The molecular weight excluding hydrogens is 200 g/mol. The van der Waals surface area contributed by atoms with Crippen molar-refractivity contribution >= 4 is 5.91 Å². The van der Waals surface area contributed by atoms with E-state index in [1.165, 1.54) is 32.1 Å². The summed E-state index contributed by atoms with van der Waals surface area (Å²) in [5.74, 6) is 0.705. The van der Waals surface area contributed by atoms with Crippen LogP contribution in [0.15, 0.2) is 18.5 Å². The molecular formula is C13H20N2O. The molecule has 1 aliphatic rings. The Morgan fingerprint density at radius 3 is 2.81 bits per heavy atom. The fraction of sp³-hybridized carbons (Fsp3) is 0.615. The topological polar surface area (TPSA) is 44.9 Å². The highest BCUT2D eigenvalue weighted by Gasteiger charge is 2.21. The van der Waals surface area contributed by atoms with Gasteiger partial charge in [-0.15, -0.1) is 0 Å². The molecule has 0 spiro atoms. The lowest BCUT2D eigenvalue weighted by Gasteiger charge is -2.28. The Balaban J connectivity index is 1.86. The Labute approximate surface area is 96.6 Å². The zero-order valence-corrected chi connectivity index (χ0v) is 9.83. The molecule has 2 rings (SSSR count). The van der Waals surface area contributed by atoms with Crippen molar-refractivity contribution in [1.82, 2.24) is 10.3 Å². The second-order valence-electron chi connectivity index (χ2n) is 4.76. The quantitative estimate of drug-likeness (QED) is 0.808. The molecule has 0 unspecified atom stereocenters. The number of carbonyl (C=O) groups excluding carboxylic acids is 1. The molecule has 1 atom stereocenters. The molecule has 1 saturated carbocycles. The highest BCUT2D eigenvalue weighted by atomic mass is 16.1. The van der Waals surface area contributed by atoms with Crippen LogP contribution in [0.25, 0.3) is 0 Å². The molecule has 1 fully saturated rings. The van der Waals surface area contributed by atoms with E-state index in [0.717, 1.165) is 5.56 Å². The van der Waals surface area contributed by atoms with Crippen LogP contribution in [0.1, 0.15) is 49.4 Å². The van der Waals surface area contributed by atoms with Gasteiger partial charge in [-0.1, -0.05) is 19.3 Å². The number of amides is 1. The standard InChI is InChI=1S/C13H20N2O/c1-10(11-5-3-2-4-6-11)15-13(16)12-7-8-14-9-12/h7-11,14H,2-6H2,1H3,(H,15,16)/t10-/m0/s1. The fourth-order valence-corrected chi connectivity index (χ4v) is 2.51. The van der Waals surface area contributed by atoms with E-state index in [1.807, 2.05) is 6.07 Å². The third kappa shape index (κ3) is 2.65. The zero-order chi connectivity index (χ0) is 11.4. The third-order valence-electron chi connectivity index (χ3n) is 3.58.